The number of rotatable bonds is 5. The van der Waals surface area contributed by atoms with E-state index in [-0.39, 0.29) is 5.54 Å². The molecule has 1 saturated carbocycles. The van der Waals surface area contributed by atoms with Crippen molar-refractivity contribution in [3.05, 3.63) is 23.8 Å². The lowest BCUT2D eigenvalue weighted by Gasteiger charge is -2.49. The fourth-order valence-corrected chi connectivity index (χ4v) is 2.86. The van der Waals surface area contributed by atoms with E-state index in [1.54, 1.807) is 12.1 Å². The molecule has 1 aromatic carbocycles. The molecule has 5 nitrogen and oxygen atoms in total. The first-order valence-electron chi connectivity index (χ1n) is 6.94. The molecular weight excluding hydrogens is 252 g/mol. The summed E-state index contributed by atoms with van der Waals surface area (Å²) in [4.78, 5) is 15.8. The van der Waals surface area contributed by atoms with E-state index in [0.717, 1.165) is 12.2 Å². The summed E-state index contributed by atoms with van der Waals surface area (Å²) in [5.74, 6) is -0.483. The summed E-state index contributed by atoms with van der Waals surface area (Å²) in [7, 11) is 6.30. The van der Waals surface area contributed by atoms with Crippen molar-refractivity contribution in [3.63, 3.8) is 0 Å². The van der Waals surface area contributed by atoms with Crippen LogP contribution >= 0.6 is 0 Å². The molecule has 1 fully saturated rings. The predicted octanol–water partition coefficient (Wildman–Crippen LogP) is 1.29. The lowest BCUT2D eigenvalue weighted by atomic mass is 9.75. The maximum absolute atomic E-state index is 11.4. The van der Waals surface area contributed by atoms with Crippen LogP contribution in [0.3, 0.4) is 0 Å². The van der Waals surface area contributed by atoms with Gasteiger partial charge in [-0.05, 0) is 51.6 Å². The molecule has 1 aliphatic carbocycles. The van der Waals surface area contributed by atoms with Crippen molar-refractivity contribution < 1.29 is 4.79 Å². The van der Waals surface area contributed by atoms with Crippen LogP contribution in [0.1, 0.15) is 29.6 Å². The van der Waals surface area contributed by atoms with Gasteiger partial charge in [0.25, 0.3) is 5.91 Å². The molecule has 110 valence electrons. The second-order valence-electron chi connectivity index (χ2n) is 5.96. The number of hydrogen-bond donors (Lipinski definition) is 2. The van der Waals surface area contributed by atoms with Gasteiger partial charge in [0.1, 0.15) is 0 Å². The molecule has 20 heavy (non-hydrogen) atoms. The zero-order chi connectivity index (χ0) is 14.9. The summed E-state index contributed by atoms with van der Waals surface area (Å²) in [6, 6.07) is 5.46. The lowest BCUT2D eigenvalue weighted by Crippen LogP contribution is -2.56. The van der Waals surface area contributed by atoms with E-state index in [9.17, 15) is 4.79 Å². The van der Waals surface area contributed by atoms with Gasteiger partial charge in [-0.25, -0.2) is 0 Å². The van der Waals surface area contributed by atoms with E-state index in [1.807, 2.05) is 13.1 Å². The molecule has 0 unspecified atom stereocenters. The molecule has 0 radical (unpaired) electrons. The summed E-state index contributed by atoms with van der Waals surface area (Å²) < 4.78 is 0. The number of nitrogens with zero attached hydrogens (tertiary/aromatic N) is 2. The average Bonchev–Trinajstić information content (AvgIpc) is 2.33. The van der Waals surface area contributed by atoms with Gasteiger partial charge in [0.05, 0.1) is 5.56 Å². The zero-order valence-corrected chi connectivity index (χ0v) is 12.5. The van der Waals surface area contributed by atoms with Crippen molar-refractivity contribution in [3.8, 4) is 0 Å². The Balaban J connectivity index is 2.19. The highest BCUT2D eigenvalue weighted by molar-refractivity contribution is 5.99. The second kappa shape index (κ2) is 5.32. The van der Waals surface area contributed by atoms with E-state index in [2.05, 4.69) is 23.9 Å². The Morgan fingerprint density at radius 2 is 1.95 bits per heavy atom. The Labute approximate surface area is 120 Å². The third-order valence-electron chi connectivity index (χ3n) is 4.51. The van der Waals surface area contributed by atoms with Gasteiger partial charge in [-0.3, -0.25) is 4.79 Å². The van der Waals surface area contributed by atoms with E-state index in [1.165, 1.54) is 19.3 Å². The van der Waals surface area contributed by atoms with Crippen LogP contribution in [0.15, 0.2) is 18.2 Å². The third-order valence-corrected chi connectivity index (χ3v) is 4.51. The fraction of sp³-hybridized carbons (Fsp3) is 0.533. The van der Waals surface area contributed by atoms with Gasteiger partial charge < -0.3 is 21.3 Å². The predicted molar refractivity (Wildman–Crippen MR) is 82.9 cm³/mol. The van der Waals surface area contributed by atoms with Crippen LogP contribution < -0.4 is 16.4 Å². The molecule has 0 bridgehead atoms. The number of hydrogen-bond acceptors (Lipinski definition) is 4. The number of carbonyl (C=O) groups is 1. The highest BCUT2D eigenvalue weighted by Crippen LogP contribution is 2.37. The summed E-state index contributed by atoms with van der Waals surface area (Å²) in [6.07, 6.45) is 3.70. The minimum atomic E-state index is -0.483. The van der Waals surface area contributed by atoms with Crippen LogP contribution in [0.2, 0.25) is 0 Å². The van der Waals surface area contributed by atoms with Crippen LogP contribution in [0, 0.1) is 0 Å². The number of primary amides is 1. The summed E-state index contributed by atoms with van der Waals surface area (Å²) >= 11 is 0. The monoisotopic (exact) mass is 276 g/mol. The average molecular weight is 276 g/mol. The molecule has 0 spiro atoms. The van der Waals surface area contributed by atoms with Crippen LogP contribution in [-0.4, -0.2) is 44.0 Å². The largest absolute Gasteiger partial charge is 0.398 e. The Morgan fingerprint density at radius 3 is 2.40 bits per heavy atom. The quantitative estimate of drug-likeness (QED) is 0.795. The molecule has 0 atom stereocenters. The molecule has 0 heterocycles. The van der Waals surface area contributed by atoms with Crippen LogP contribution in [-0.2, 0) is 0 Å². The standard InChI is InChI=1S/C15H24N4O/c1-18(2)15(7-4-8-15)10-19(3)11-5-6-13(16)12(9-11)14(17)20/h5-6,9H,4,7-8,10,16H2,1-3H3,(H2,17,20). The molecule has 5 heteroatoms. The van der Waals surface area contributed by atoms with Crippen molar-refractivity contribution in [2.45, 2.75) is 24.8 Å². The maximum Gasteiger partial charge on any atom is 0.250 e. The van der Waals surface area contributed by atoms with Crippen molar-refractivity contribution >= 4 is 17.3 Å². The van der Waals surface area contributed by atoms with E-state index >= 15 is 0 Å². The first-order chi connectivity index (χ1) is 9.35. The number of anilines is 2. The minimum absolute atomic E-state index is 0.239. The molecule has 0 aromatic heterocycles. The molecule has 4 N–H and O–H groups in total. The van der Waals surface area contributed by atoms with Crippen LogP contribution in [0.5, 0.6) is 0 Å². The molecule has 1 aromatic rings. The number of benzene rings is 1. The number of amides is 1. The van der Waals surface area contributed by atoms with E-state index < -0.39 is 5.91 Å². The Kier molecular flexibility index (Phi) is 3.90. The highest BCUT2D eigenvalue weighted by Gasteiger charge is 2.39. The van der Waals surface area contributed by atoms with E-state index in [4.69, 9.17) is 11.5 Å². The topological polar surface area (TPSA) is 75.6 Å². The van der Waals surface area contributed by atoms with E-state index in [0.29, 0.717) is 11.3 Å². The number of carbonyl (C=O) groups excluding carboxylic acids is 1. The van der Waals surface area contributed by atoms with Gasteiger partial charge in [0, 0.05) is 30.5 Å². The number of nitrogen functional groups attached to an aromatic ring is 1. The van der Waals surface area contributed by atoms with Crippen molar-refractivity contribution in [2.75, 3.05) is 38.3 Å². The van der Waals surface area contributed by atoms with Gasteiger partial charge in [-0.15, -0.1) is 0 Å². The first kappa shape index (κ1) is 14.7. The minimum Gasteiger partial charge on any atom is -0.398 e. The second-order valence-corrected chi connectivity index (χ2v) is 5.96. The molecule has 1 aliphatic rings. The molecule has 0 aliphatic heterocycles. The Morgan fingerprint density at radius 1 is 1.30 bits per heavy atom. The van der Waals surface area contributed by atoms with Crippen LogP contribution in [0.25, 0.3) is 0 Å². The smallest absolute Gasteiger partial charge is 0.250 e. The third kappa shape index (κ3) is 2.58. The zero-order valence-electron chi connectivity index (χ0n) is 12.5. The molecule has 2 rings (SSSR count). The van der Waals surface area contributed by atoms with Gasteiger partial charge in [-0.1, -0.05) is 0 Å². The molecule has 1 amide bonds. The lowest BCUT2D eigenvalue weighted by molar-refractivity contribution is 0.0683. The normalized spacial score (nSPS) is 16.8. The molecule has 0 saturated heterocycles. The van der Waals surface area contributed by atoms with Crippen molar-refractivity contribution in [1.29, 1.82) is 0 Å². The molecular formula is C15H24N4O. The van der Waals surface area contributed by atoms with Gasteiger partial charge in [0.2, 0.25) is 0 Å². The van der Waals surface area contributed by atoms with Crippen LogP contribution in [0.4, 0.5) is 11.4 Å². The van der Waals surface area contributed by atoms with Crippen molar-refractivity contribution in [2.24, 2.45) is 5.73 Å². The number of likely N-dealkylation sites (N-methyl/N-ethyl adjacent to an activating group) is 2. The van der Waals surface area contributed by atoms with Crippen molar-refractivity contribution in [1.82, 2.24) is 4.90 Å². The Hall–Kier alpha value is -1.75. The summed E-state index contributed by atoms with van der Waals surface area (Å²) in [5.41, 5.74) is 13.2. The maximum atomic E-state index is 11.4. The fourth-order valence-electron chi connectivity index (χ4n) is 2.86. The highest BCUT2D eigenvalue weighted by atomic mass is 16.1. The summed E-state index contributed by atoms with van der Waals surface area (Å²) in [6.45, 7) is 0.933. The summed E-state index contributed by atoms with van der Waals surface area (Å²) in [5, 5.41) is 0. The SMILES string of the molecule is CN(CC1(N(C)C)CCC1)c1ccc(N)c(C(N)=O)c1. The number of nitrogens with two attached hydrogens (primary N) is 2. The first-order valence-corrected chi connectivity index (χ1v) is 6.94. The van der Waals surface area contributed by atoms with Gasteiger partial charge >= 0.3 is 0 Å². The van der Waals surface area contributed by atoms with Gasteiger partial charge in [-0.2, -0.15) is 0 Å². The Bertz CT molecular complexity index is 509. The van der Waals surface area contributed by atoms with Gasteiger partial charge in [0.15, 0.2) is 0 Å².